The standard InChI is InChI=1S/C12H16N4O3/c17-11(16-5-3-13-4-6-16)8-15-10-7-9(12(18)19)1-2-14-10/h1-2,7,13H,3-6,8H2,(H,14,15)(H,18,19). The van der Waals surface area contributed by atoms with Crippen LogP contribution in [0.25, 0.3) is 0 Å². The first-order valence-corrected chi connectivity index (χ1v) is 6.08. The number of nitrogens with one attached hydrogen (secondary N) is 2. The number of nitrogens with zero attached hydrogens (tertiary/aromatic N) is 2. The number of pyridine rings is 1. The van der Waals surface area contributed by atoms with Crippen LogP contribution < -0.4 is 10.6 Å². The molecule has 1 amide bonds. The molecule has 0 aliphatic carbocycles. The second-order valence-corrected chi connectivity index (χ2v) is 4.22. The minimum atomic E-state index is -1.01. The van der Waals surface area contributed by atoms with E-state index in [0.717, 1.165) is 13.1 Å². The van der Waals surface area contributed by atoms with Crippen LogP contribution in [0.2, 0.25) is 0 Å². The van der Waals surface area contributed by atoms with Crippen molar-refractivity contribution in [2.45, 2.75) is 0 Å². The van der Waals surface area contributed by atoms with Gasteiger partial charge in [-0.2, -0.15) is 0 Å². The van der Waals surface area contributed by atoms with Gasteiger partial charge in [-0.1, -0.05) is 0 Å². The van der Waals surface area contributed by atoms with Crippen molar-refractivity contribution in [2.24, 2.45) is 0 Å². The third-order valence-corrected chi connectivity index (χ3v) is 2.90. The van der Waals surface area contributed by atoms with Gasteiger partial charge < -0.3 is 20.6 Å². The van der Waals surface area contributed by atoms with Crippen LogP contribution in [0.1, 0.15) is 10.4 Å². The molecule has 0 aromatic carbocycles. The lowest BCUT2D eigenvalue weighted by molar-refractivity contribution is -0.129. The summed E-state index contributed by atoms with van der Waals surface area (Å²) in [6.07, 6.45) is 1.40. The van der Waals surface area contributed by atoms with Crippen LogP contribution in [-0.2, 0) is 4.79 Å². The maximum atomic E-state index is 11.9. The number of hydrogen-bond acceptors (Lipinski definition) is 5. The van der Waals surface area contributed by atoms with E-state index < -0.39 is 5.97 Å². The lowest BCUT2D eigenvalue weighted by atomic mass is 10.2. The number of carboxylic acids is 1. The highest BCUT2D eigenvalue weighted by atomic mass is 16.4. The molecule has 19 heavy (non-hydrogen) atoms. The van der Waals surface area contributed by atoms with E-state index in [-0.39, 0.29) is 18.0 Å². The second kappa shape index (κ2) is 6.14. The van der Waals surface area contributed by atoms with Crippen LogP contribution in [0.3, 0.4) is 0 Å². The number of amides is 1. The number of carbonyl (C=O) groups excluding carboxylic acids is 1. The number of hydrogen-bond donors (Lipinski definition) is 3. The van der Waals surface area contributed by atoms with Gasteiger partial charge in [0.05, 0.1) is 12.1 Å². The van der Waals surface area contributed by atoms with E-state index in [2.05, 4.69) is 15.6 Å². The zero-order valence-corrected chi connectivity index (χ0v) is 10.4. The molecule has 0 bridgehead atoms. The van der Waals surface area contributed by atoms with Crippen molar-refractivity contribution < 1.29 is 14.7 Å². The third kappa shape index (κ3) is 3.65. The highest BCUT2D eigenvalue weighted by Crippen LogP contribution is 2.06. The largest absolute Gasteiger partial charge is 0.478 e. The molecule has 2 rings (SSSR count). The fourth-order valence-corrected chi connectivity index (χ4v) is 1.85. The average Bonchev–Trinajstić information content (AvgIpc) is 2.46. The summed E-state index contributed by atoms with van der Waals surface area (Å²) in [5.41, 5.74) is 0.145. The van der Waals surface area contributed by atoms with Gasteiger partial charge >= 0.3 is 5.97 Å². The Balaban J connectivity index is 1.89. The number of piperazine rings is 1. The maximum absolute atomic E-state index is 11.9. The summed E-state index contributed by atoms with van der Waals surface area (Å²) in [5.74, 6) is -0.633. The van der Waals surface area contributed by atoms with Crippen LogP contribution in [0.4, 0.5) is 5.82 Å². The van der Waals surface area contributed by atoms with Gasteiger partial charge in [-0.15, -0.1) is 0 Å². The van der Waals surface area contributed by atoms with Crippen LogP contribution >= 0.6 is 0 Å². The van der Waals surface area contributed by atoms with Crippen LogP contribution in [0.15, 0.2) is 18.3 Å². The van der Waals surface area contributed by atoms with Crippen LogP contribution in [0.5, 0.6) is 0 Å². The van der Waals surface area contributed by atoms with Crippen LogP contribution in [-0.4, -0.2) is 59.6 Å². The summed E-state index contributed by atoms with van der Waals surface area (Å²) >= 11 is 0. The van der Waals surface area contributed by atoms with Gasteiger partial charge in [0.1, 0.15) is 5.82 Å². The first-order valence-electron chi connectivity index (χ1n) is 6.08. The van der Waals surface area contributed by atoms with Gasteiger partial charge in [-0.3, -0.25) is 4.79 Å². The van der Waals surface area contributed by atoms with Gasteiger partial charge in [0.15, 0.2) is 0 Å². The molecule has 0 radical (unpaired) electrons. The second-order valence-electron chi connectivity index (χ2n) is 4.22. The molecule has 2 heterocycles. The molecule has 0 spiro atoms. The summed E-state index contributed by atoms with van der Waals surface area (Å²) in [7, 11) is 0. The van der Waals surface area contributed by atoms with Gasteiger partial charge in [0, 0.05) is 32.4 Å². The van der Waals surface area contributed by atoms with E-state index in [0.29, 0.717) is 18.9 Å². The molecule has 3 N–H and O–H groups in total. The fourth-order valence-electron chi connectivity index (χ4n) is 1.85. The molecule has 1 saturated heterocycles. The third-order valence-electron chi connectivity index (χ3n) is 2.90. The van der Waals surface area contributed by atoms with E-state index in [1.54, 1.807) is 4.90 Å². The molecule has 1 aliphatic heterocycles. The smallest absolute Gasteiger partial charge is 0.335 e. The Morgan fingerprint density at radius 1 is 1.42 bits per heavy atom. The summed E-state index contributed by atoms with van der Waals surface area (Å²) < 4.78 is 0. The van der Waals surface area contributed by atoms with Gasteiger partial charge in [-0.25, -0.2) is 9.78 Å². The van der Waals surface area contributed by atoms with Crippen LogP contribution in [0, 0.1) is 0 Å². The Labute approximate surface area is 110 Å². The predicted molar refractivity (Wildman–Crippen MR) is 69.1 cm³/mol. The van der Waals surface area contributed by atoms with Gasteiger partial charge in [0.25, 0.3) is 0 Å². The Morgan fingerprint density at radius 3 is 2.84 bits per heavy atom. The van der Waals surface area contributed by atoms with Crippen molar-refractivity contribution in [3.8, 4) is 0 Å². The number of rotatable bonds is 4. The number of aromatic nitrogens is 1. The van der Waals surface area contributed by atoms with Crippen molar-refractivity contribution in [1.29, 1.82) is 0 Å². The Kier molecular flexibility index (Phi) is 4.30. The first-order chi connectivity index (χ1) is 9.16. The summed E-state index contributed by atoms with van der Waals surface area (Å²) in [6.45, 7) is 3.12. The predicted octanol–water partition coefficient (Wildman–Crippen LogP) is -0.376. The summed E-state index contributed by atoms with van der Waals surface area (Å²) in [5, 5.41) is 14.9. The molecule has 1 fully saturated rings. The van der Waals surface area contributed by atoms with E-state index in [9.17, 15) is 9.59 Å². The van der Waals surface area contributed by atoms with Crippen molar-refractivity contribution in [3.05, 3.63) is 23.9 Å². The van der Waals surface area contributed by atoms with Crippen molar-refractivity contribution >= 4 is 17.7 Å². The Hall–Kier alpha value is -2.15. The normalized spacial score (nSPS) is 15.1. The molecule has 7 nitrogen and oxygen atoms in total. The van der Waals surface area contributed by atoms with E-state index >= 15 is 0 Å². The number of aromatic carboxylic acids is 1. The van der Waals surface area contributed by atoms with E-state index in [4.69, 9.17) is 5.11 Å². The molecule has 7 heteroatoms. The van der Waals surface area contributed by atoms with Crippen molar-refractivity contribution in [2.75, 3.05) is 38.0 Å². The topological polar surface area (TPSA) is 94.6 Å². The van der Waals surface area contributed by atoms with E-state index in [1.807, 2.05) is 0 Å². The lowest BCUT2D eigenvalue weighted by Gasteiger charge is -2.27. The van der Waals surface area contributed by atoms with Crippen molar-refractivity contribution in [3.63, 3.8) is 0 Å². The monoisotopic (exact) mass is 264 g/mol. The minimum Gasteiger partial charge on any atom is -0.478 e. The van der Waals surface area contributed by atoms with Gasteiger partial charge in [-0.05, 0) is 12.1 Å². The Morgan fingerprint density at radius 2 is 2.16 bits per heavy atom. The summed E-state index contributed by atoms with van der Waals surface area (Å²) in [4.78, 5) is 28.4. The molecule has 1 aliphatic rings. The average molecular weight is 264 g/mol. The molecule has 0 saturated carbocycles. The minimum absolute atomic E-state index is 0.0102. The molecule has 1 aromatic rings. The van der Waals surface area contributed by atoms with Crippen molar-refractivity contribution in [1.82, 2.24) is 15.2 Å². The fraction of sp³-hybridized carbons (Fsp3) is 0.417. The molecule has 0 unspecified atom stereocenters. The maximum Gasteiger partial charge on any atom is 0.335 e. The zero-order chi connectivity index (χ0) is 13.7. The molecule has 1 aromatic heterocycles. The molecule has 0 atom stereocenters. The van der Waals surface area contributed by atoms with E-state index in [1.165, 1.54) is 18.3 Å². The first kappa shape index (κ1) is 13.3. The Bertz CT molecular complexity index is 472. The molecular weight excluding hydrogens is 248 g/mol. The summed E-state index contributed by atoms with van der Waals surface area (Å²) in [6, 6.07) is 2.82. The molecule has 102 valence electrons. The zero-order valence-electron chi connectivity index (χ0n) is 10.4. The quantitative estimate of drug-likeness (QED) is 0.686. The highest BCUT2D eigenvalue weighted by molar-refractivity contribution is 5.88. The number of carboxylic acid groups (broad SMARTS) is 1. The number of anilines is 1. The van der Waals surface area contributed by atoms with Gasteiger partial charge in [0.2, 0.25) is 5.91 Å². The highest BCUT2D eigenvalue weighted by Gasteiger charge is 2.15. The lowest BCUT2D eigenvalue weighted by Crippen LogP contribution is -2.48. The SMILES string of the molecule is O=C(O)c1ccnc(NCC(=O)N2CCNCC2)c1. The number of carbonyl (C=O) groups is 2. The molecular formula is C12H16N4O3.